The normalized spacial score (nSPS) is 14.2. The molecule has 0 amide bonds. The lowest BCUT2D eigenvalue weighted by atomic mass is 9.94. The molecule has 0 saturated heterocycles. The van der Waals surface area contributed by atoms with E-state index in [2.05, 4.69) is 39.5 Å². The van der Waals surface area contributed by atoms with Gasteiger partial charge in [0, 0.05) is 12.4 Å². The maximum absolute atomic E-state index is 11.1. The Bertz CT molecular complexity index is 684. The molecule has 0 aliphatic rings. The maximum Gasteiger partial charge on any atom is 0.334 e. The van der Waals surface area contributed by atoms with E-state index >= 15 is 0 Å². The molecule has 0 spiro atoms. The first-order chi connectivity index (χ1) is 12.7. The van der Waals surface area contributed by atoms with E-state index in [0.29, 0.717) is 12.8 Å². The molecule has 2 unspecified atom stereocenters. The zero-order valence-corrected chi connectivity index (χ0v) is 15.1. The van der Waals surface area contributed by atoms with Gasteiger partial charge in [-0.05, 0) is 31.2 Å². The first-order valence-corrected chi connectivity index (χ1v) is 8.94. The zero-order chi connectivity index (χ0) is 18.8. The van der Waals surface area contributed by atoms with Gasteiger partial charge in [0.2, 0.25) is 0 Å². The lowest BCUT2D eigenvalue weighted by Crippen LogP contribution is -2.26. The van der Waals surface area contributed by atoms with E-state index in [-0.39, 0.29) is 6.04 Å². The summed E-state index contributed by atoms with van der Waals surface area (Å²) in [5, 5.41) is 9.06. The Morgan fingerprint density at radius 1 is 1.38 bits per heavy atom. The van der Waals surface area contributed by atoms with E-state index in [1.54, 1.807) is 6.20 Å². The molecule has 0 bridgehead atoms. The topological polar surface area (TPSA) is 90.4 Å². The van der Waals surface area contributed by atoms with E-state index in [4.69, 9.17) is 11.0 Å². The van der Waals surface area contributed by atoms with Crippen LogP contribution in [0.15, 0.2) is 60.7 Å². The summed E-state index contributed by atoms with van der Waals surface area (Å²) in [5.41, 5.74) is 2.53. The average Bonchev–Trinajstić information content (AvgIpc) is 3.17. The van der Waals surface area contributed by atoms with Crippen LogP contribution in [0.5, 0.6) is 0 Å². The van der Waals surface area contributed by atoms with Crippen molar-refractivity contribution in [2.24, 2.45) is 5.90 Å². The summed E-state index contributed by atoms with van der Waals surface area (Å²) in [6.07, 6.45) is 10.5. The standard InChI is InChI=1S/C20H27N3O3/c1-2-7-17(10-6-11-19(26-21)20(24)25)18(23-13-12-22-15-23)14-16-8-4-3-5-9-16/h3-5,8-10,12-13,15,18-19H,2,6-7,11,14,21H2,1H3,(H,24,25)/b17-10+. The lowest BCUT2D eigenvalue weighted by Gasteiger charge is -2.23. The highest BCUT2D eigenvalue weighted by Crippen LogP contribution is 2.27. The Hall–Kier alpha value is -2.44. The third-order valence-corrected chi connectivity index (χ3v) is 4.40. The van der Waals surface area contributed by atoms with Crippen LogP contribution in [0.2, 0.25) is 0 Å². The van der Waals surface area contributed by atoms with Crippen molar-refractivity contribution in [2.45, 2.75) is 51.2 Å². The fourth-order valence-electron chi connectivity index (χ4n) is 3.08. The highest BCUT2D eigenvalue weighted by molar-refractivity contribution is 5.72. The van der Waals surface area contributed by atoms with Crippen LogP contribution in [0, 0.1) is 0 Å². The van der Waals surface area contributed by atoms with Crippen molar-refractivity contribution in [3.8, 4) is 0 Å². The third-order valence-electron chi connectivity index (χ3n) is 4.40. The summed E-state index contributed by atoms with van der Waals surface area (Å²) in [7, 11) is 0. The molecule has 0 saturated carbocycles. The number of benzene rings is 1. The summed E-state index contributed by atoms with van der Waals surface area (Å²) in [6, 6.07) is 10.5. The van der Waals surface area contributed by atoms with Crippen molar-refractivity contribution in [2.75, 3.05) is 0 Å². The maximum atomic E-state index is 11.1. The fourth-order valence-corrected chi connectivity index (χ4v) is 3.08. The Morgan fingerprint density at radius 2 is 2.15 bits per heavy atom. The van der Waals surface area contributed by atoms with Gasteiger partial charge in [0.15, 0.2) is 6.10 Å². The van der Waals surface area contributed by atoms with Crippen LogP contribution in [-0.4, -0.2) is 26.7 Å². The SMILES string of the molecule is CCC/C(=C\CCC(ON)C(=O)O)C(Cc1ccccc1)n1ccnc1. The van der Waals surface area contributed by atoms with Gasteiger partial charge in [-0.15, -0.1) is 0 Å². The smallest absolute Gasteiger partial charge is 0.334 e. The molecule has 1 aromatic heterocycles. The van der Waals surface area contributed by atoms with E-state index in [9.17, 15) is 4.79 Å². The van der Waals surface area contributed by atoms with E-state index in [0.717, 1.165) is 19.3 Å². The van der Waals surface area contributed by atoms with Gasteiger partial charge in [-0.3, -0.25) is 4.84 Å². The molecule has 26 heavy (non-hydrogen) atoms. The molecule has 1 aromatic carbocycles. The van der Waals surface area contributed by atoms with Gasteiger partial charge in [-0.2, -0.15) is 0 Å². The molecule has 2 rings (SSSR count). The predicted molar refractivity (Wildman–Crippen MR) is 100 cm³/mol. The van der Waals surface area contributed by atoms with Gasteiger partial charge >= 0.3 is 5.97 Å². The number of nitrogens with zero attached hydrogens (tertiary/aromatic N) is 2. The number of carboxylic acid groups (broad SMARTS) is 1. The number of hydrogen-bond acceptors (Lipinski definition) is 4. The van der Waals surface area contributed by atoms with Crippen LogP contribution in [0.4, 0.5) is 0 Å². The molecule has 140 valence electrons. The number of imidazole rings is 1. The van der Waals surface area contributed by atoms with Crippen LogP contribution in [0.3, 0.4) is 0 Å². The lowest BCUT2D eigenvalue weighted by molar-refractivity contribution is -0.151. The number of hydrogen-bond donors (Lipinski definition) is 2. The highest BCUT2D eigenvalue weighted by Gasteiger charge is 2.19. The molecular weight excluding hydrogens is 330 g/mol. The van der Waals surface area contributed by atoms with Gasteiger partial charge in [0.1, 0.15) is 0 Å². The molecule has 2 aromatic rings. The molecule has 0 radical (unpaired) electrons. The molecule has 1 heterocycles. The van der Waals surface area contributed by atoms with E-state index < -0.39 is 12.1 Å². The second-order valence-corrected chi connectivity index (χ2v) is 6.28. The summed E-state index contributed by atoms with van der Waals surface area (Å²) in [6.45, 7) is 2.14. The van der Waals surface area contributed by atoms with Crippen LogP contribution in [0.1, 0.15) is 44.2 Å². The van der Waals surface area contributed by atoms with Gasteiger partial charge < -0.3 is 9.67 Å². The number of carboxylic acids is 1. The Morgan fingerprint density at radius 3 is 2.73 bits per heavy atom. The van der Waals surface area contributed by atoms with Crippen molar-refractivity contribution in [3.63, 3.8) is 0 Å². The molecule has 0 aliphatic heterocycles. The minimum absolute atomic E-state index is 0.155. The van der Waals surface area contributed by atoms with Gasteiger partial charge in [0.25, 0.3) is 0 Å². The number of carbonyl (C=O) groups is 1. The van der Waals surface area contributed by atoms with Crippen molar-refractivity contribution in [3.05, 3.63) is 66.3 Å². The Labute approximate surface area is 154 Å². The van der Waals surface area contributed by atoms with E-state index in [1.807, 2.05) is 30.7 Å². The van der Waals surface area contributed by atoms with Gasteiger partial charge in [-0.1, -0.05) is 55.3 Å². The van der Waals surface area contributed by atoms with Crippen LogP contribution < -0.4 is 5.90 Å². The van der Waals surface area contributed by atoms with Crippen molar-refractivity contribution >= 4 is 5.97 Å². The first kappa shape index (κ1) is 19.9. The minimum Gasteiger partial charge on any atom is -0.479 e. The van der Waals surface area contributed by atoms with Gasteiger partial charge in [-0.25, -0.2) is 15.7 Å². The van der Waals surface area contributed by atoms with Crippen molar-refractivity contribution in [1.29, 1.82) is 0 Å². The largest absolute Gasteiger partial charge is 0.479 e. The highest BCUT2D eigenvalue weighted by atomic mass is 16.6. The van der Waals surface area contributed by atoms with E-state index in [1.165, 1.54) is 11.1 Å². The summed E-state index contributed by atoms with van der Waals surface area (Å²) in [5.74, 6) is 4.04. The van der Waals surface area contributed by atoms with Crippen LogP contribution in [-0.2, 0) is 16.1 Å². The summed E-state index contributed by atoms with van der Waals surface area (Å²) < 4.78 is 2.11. The zero-order valence-electron chi connectivity index (χ0n) is 15.1. The molecule has 6 heteroatoms. The molecule has 3 N–H and O–H groups in total. The number of aliphatic carboxylic acids is 1. The molecule has 2 atom stereocenters. The number of aromatic nitrogens is 2. The molecule has 6 nitrogen and oxygen atoms in total. The quantitative estimate of drug-likeness (QED) is 0.474. The minimum atomic E-state index is -1.03. The second kappa shape index (κ2) is 10.5. The Kier molecular flexibility index (Phi) is 8.05. The molecular formula is C20H27N3O3. The molecule has 0 aliphatic carbocycles. The molecule has 0 fully saturated rings. The average molecular weight is 357 g/mol. The second-order valence-electron chi connectivity index (χ2n) is 6.28. The summed E-state index contributed by atoms with van der Waals surface area (Å²) in [4.78, 5) is 19.8. The third kappa shape index (κ3) is 5.82. The first-order valence-electron chi connectivity index (χ1n) is 8.94. The number of rotatable bonds is 11. The van der Waals surface area contributed by atoms with Crippen molar-refractivity contribution in [1.82, 2.24) is 9.55 Å². The fraction of sp³-hybridized carbons (Fsp3) is 0.400. The predicted octanol–water partition coefficient (Wildman–Crippen LogP) is 3.52. The number of nitrogens with two attached hydrogens (primary N) is 1. The monoisotopic (exact) mass is 357 g/mol. The van der Waals surface area contributed by atoms with Crippen LogP contribution in [0.25, 0.3) is 0 Å². The summed E-state index contributed by atoms with van der Waals surface area (Å²) >= 11 is 0. The van der Waals surface area contributed by atoms with Gasteiger partial charge in [0.05, 0.1) is 12.4 Å². The van der Waals surface area contributed by atoms with Crippen molar-refractivity contribution < 1.29 is 14.7 Å². The Balaban J connectivity index is 2.19. The number of allylic oxidation sites excluding steroid dienone is 2. The van der Waals surface area contributed by atoms with Crippen LogP contribution >= 0.6 is 0 Å².